The summed E-state index contributed by atoms with van der Waals surface area (Å²) >= 11 is 0. The van der Waals surface area contributed by atoms with E-state index in [2.05, 4.69) is 10.6 Å². The summed E-state index contributed by atoms with van der Waals surface area (Å²) in [6.45, 7) is 2.51. The Kier molecular flexibility index (Phi) is 4.80. The SMILES string of the molecule is Cc1cccc(NC(=O)NC(CN)C2CCCC2)c1. The number of carbonyl (C=O) groups is 1. The quantitative estimate of drug-likeness (QED) is 0.780. The molecule has 1 atom stereocenters. The van der Waals surface area contributed by atoms with Crippen molar-refractivity contribution >= 4 is 11.7 Å². The summed E-state index contributed by atoms with van der Waals surface area (Å²) in [5, 5.41) is 5.87. The molecular formula is C15H23N3O. The van der Waals surface area contributed by atoms with Crippen molar-refractivity contribution in [2.24, 2.45) is 11.7 Å². The number of nitrogens with one attached hydrogen (secondary N) is 2. The largest absolute Gasteiger partial charge is 0.334 e. The number of hydrogen-bond donors (Lipinski definition) is 3. The number of carbonyl (C=O) groups excluding carboxylic acids is 1. The molecule has 0 radical (unpaired) electrons. The highest BCUT2D eigenvalue weighted by Gasteiger charge is 2.25. The lowest BCUT2D eigenvalue weighted by molar-refractivity contribution is 0.243. The van der Waals surface area contributed by atoms with E-state index >= 15 is 0 Å². The van der Waals surface area contributed by atoms with Gasteiger partial charge in [0, 0.05) is 18.3 Å². The summed E-state index contributed by atoms with van der Waals surface area (Å²) < 4.78 is 0. The fourth-order valence-corrected chi connectivity index (χ4v) is 2.79. The molecule has 4 N–H and O–H groups in total. The minimum absolute atomic E-state index is 0.0901. The van der Waals surface area contributed by atoms with Gasteiger partial charge in [-0.05, 0) is 43.4 Å². The highest BCUT2D eigenvalue weighted by atomic mass is 16.2. The number of anilines is 1. The predicted octanol–water partition coefficient (Wildman–Crippen LogP) is 2.63. The van der Waals surface area contributed by atoms with Crippen LogP contribution in [0, 0.1) is 12.8 Å². The van der Waals surface area contributed by atoms with Crippen molar-refractivity contribution in [3.8, 4) is 0 Å². The maximum absolute atomic E-state index is 12.0. The number of urea groups is 1. The number of aryl methyl sites for hydroxylation is 1. The van der Waals surface area contributed by atoms with Crippen LogP contribution in [0.3, 0.4) is 0 Å². The van der Waals surface area contributed by atoms with Gasteiger partial charge in [0.15, 0.2) is 0 Å². The van der Waals surface area contributed by atoms with Gasteiger partial charge in [-0.15, -0.1) is 0 Å². The van der Waals surface area contributed by atoms with E-state index in [0.29, 0.717) is 12.5 Å². The summed E-state index contributed by atoms with van der Waals surface area (Å²) in [5.74, 6) is 0.535. The lowest BCUT2D eigenvalue weighted by atomic mass is 9.98. The van der Waals surface area contributed by atoms with Crippen LogP contribution in [0.5, 0.6) is 0 Å². The van der Waals surface area contributed by atoms with Crippen molar-refractivity contribution in [3.05, 3.63) is 29.8 Å². The third-order valence-corrected chi connectivity index (χ3v) is 3.82. The summed E-state index contributed by atoms with van der Waals surface area (Å²) in [6.07, 6.45) is 4.85. The van der Waals surface area contributed by atoms with E-state index in [9.17, 15) is 4.79 Å². The van der Waals surface area contributed by atoms with Crippen LogP contribution < -0.4 is 16.4 Å². The monoisotopic (exact) mass is 261 g/mol. The fourth-order valence-electron chi connectivity index (χ4n) is 2.79. The van der Waals surface area contributed by atoms with Crippen molar-refractivity contribution in [1.82, 2.24) is 5.32 Å². The molecule has 2 rings (SSSR count). The van der Waals surface area contributed by atoms with Crippen molar-refractivity contribution in [1.29, 1.82) is 0 Å². The zero-order valence-electron chi connectivity index (χ0n) is 11.5. The normalized spacial score (nSPS) is 17.2. The van der Waals surface area contributed by atoms with E-state index in [1.807, 2.05) is 31.2 Å². The Balaban J connectivity index is 1.89. The van der Waals surface area contributed by atoms with Gasteiger partial charge in [-0.25, -0.2) is 4.79 Å². The Hall–Kier alpha value is -1.55. The van der Waals surface area contributed by atoms with Gasteiger partial charge in [0.05, 0.1) is 0 Å². The molecule has 1 saturated carbocycles. The molecule has 0 saturated heterocycles. The minimum Gasteiger partial charge on any atom is -0.334 e. The van der Waals surface area contributed by atoms with Gasteiger partial charge in [-0.1, -0.05) is 25.0 Å². The van der Waals surface area contributed by atoms with Crippen LogP contribution in [-0.2, 0) is 0 Å². The molecule has 19 heavy (non-hydrogen) atoms. The molecule has 0 heterocycles. The van der Waals surface area contributed by atoms with E-state index in [1.165, 1.54) is 25.7 Å². The van der Waals surface area contributed by atoms with Gasteiger partial charge < -0.3 is 16.4 Å². The maximum Gasteiger partial charge on any atom is 0.319 e. The van der Waals surface area contributed by atoms with E-state index < -0.39 is 0 Å². The van der Waals surface area contributed by atoms with Crippen molar-refractivity contribution in [3.63, 3.8) is 0 Å². The first-order valence-electron chi connectivity index (χ1n) is 7.03. The summed E-state index contributed by atoms with van der Waals surface area (Å²) in [4.78, 5) is 12.0. The molecule has 0 spiro atoms. The second-order valence-electron chi connectivity index (χ2n) is 5.35. The topological polar surface area (TPSA) is 67.2 Å². The molecule has 0 bridgehead atoms. The second-order valence-corrected chi connectivity index (χ2v) is 5.35. The Labute approximate surface area is 114 Å². The standard InChI is InChI=1S/C15H23N3O/c1-11-5-4-8-13(9-11)17-15(19)18-14(10-16)12-6-2-3-7-12/h4-5,8-9,12,14H,2-3,6-7,10,16H2,1H3,(H2,17,18,19). The van der Waals surface area contributed by atoms with Gasteiger partial charge in [0.2, 0.25) is 0 Å². The first-order chi connectivity index (χ1) is 9.19. The smallest absolute Gasteiger partial charge is 0.319 e. The van der Waals surface area contributed by atoms with Crippen LogP contribution in [0.25, 0.3) is 0 Å². The number of nitrogens with two attached hydrogens (primary N) is 1. The van der Waals surface area contributed by atoms with Crippen LogP contribution in [0.4, 0.5) is 10.5 Å². The molecule has 1 aliphatic rings. The maximum atomic E-state index is 12.0. The third kappa shape index (κ3) is 3.96. The van der Waals surface area contributed by atoms with Crippen molar-refractivity contribution in [2.75, 3.05) is 11.9 Å². The second kappa shape index (κ2) is 6.57. The Morgan fingerprint density at radius 2 is 2.16 bits per heavy atom. The molecular weight excluding hydrogens is 238 g/mol. The van der Waals surface area contributed by atoms with Gasteiger partial charge in [0.25, 0.3) is 0 Å². The molecule has 104 valence electrons. The summed E-state index contributed by atoms with van der Waals surface area (Å²) in [7, 11) is 0. The summed E-state index contributed by atoms with van der Waals surface area (Å²) in [6, 6.07) is 7.71. The van der Waals surface area contributed by atoms with Crippen LogP contribution >= 0.6 is 0 Å². The molecule has 1 aliphatic carbocycles. The molecule has 2 amide bonds. The number of benzene rings is 1. The molecule has 1 aromatic rings. The van der Waals surface area contributed by atoms with Crippen molar-refractivity contribution in [2.45, 2.75) is 38.6 Å². The highest BCUT2D eigenvalue weighted by molar-refractivity contribution is 5.89. The van der Waals surface area contributed by atoms with Gasteiger partial charge in [-0.3, -0.25) is 0 Å². The number of rotatable bonds is 4. The molecule has 1 unspecified atom stereocenters. The average molecular weight is 261 g/mol. The Morgan fingerprint density at radius 1 is 1.42 bits per heavy atom. The highest BCUT2D eigenvalue weighted by Crippen LogP contribution is 2.27. The zero-order chi connectivity index (χ0) is 13.7. The van der Waals surface area contributed by atoms with Gasteiger partial charge in [-0.2, -0.15) is 0 Å². The molecule has 0 aliphatic heterocycles. The van der Waals surface area contributed by atoms with E-state index in [4.69, 9.17) is 5.73 Å². The van der Waals surface area contributed by atoms with Crippen LogP contribution in [0.15, 0.2) is 24.3 Å². The predicted molar refractivity (Wildman–Crippen MR) is 78.1 cm³/mol. The molecule has 0 aromatic heterocycles. The Morgan fingerprint density at radius 3 is 2.79 bits per heavy atom. The lowest BCUT2D eigenvalue weighted by Crippen LogP contribution is -2.46. The average Bonchev–Trinajstić information content (AvgIpc) is 2.89. The van der Waals surface area contributed by atoms with E-state index in [1.54, 1.807) is 0 Å². The van der Waals surface area contributed by atoms with E-state index in [0.717, 1.165) is 11.3 Å². The molecule has 1 fully saturated rings. The van der Waals surface area contributed by atoms with Crippen LogP contribution in [-0.4, -0.2) is 18.6 Å². The first-order valence-corrected chi connectivity index (χ1v) is 7.03. The van der Waals surface area contributed by atoms with Gasteiger partial charge >= 0.3 is 6.03 Å². The van der Waals surface area contributed by atoms with Crippen LogP contribution in [0.1, 0.15) is 31.2 Å². The molecule has 1 aromatic carbocycles. The molecule has 4 heteroatoms. The van der Waals surface area contributed by atoms with Crippen molar-refractivity contribution < 1.29 is 4.79 Å². The van der Waals surface area contributed by atoms with Crippen LogP contribution in [0.2, 0.25) is 0 Å². The third-order valence-electron chi connectivity index (χ3n) is 3.82. The molecule has 4 nitrogen and oxygen atoms in total. The first kappa shape index (κ1) is 13.9. The lowest BCUT2D eigenvalue weighted by Gasteiger charge is -2.23. The summed E-state index contributed by atoms with van der Waals surface area (Å²) in [5.41, 5.74) is 7.72. The minimum atomic E-state index is -0.159. The number of hydrogen-bond acceptors (Lipinski definition) is 2. The zero-order valence-corrected chi connectivity index (χ0v) is 11.5. The number of amides is 2. The Bertz CT molecular complexity index is 427. The van der Waals surface area contributed by atoms with Gasteiger partial charge in [0.1, 0.15) is 0 Å². The fraction of sp³-hybridized carbons (Fsp3) is 0.533. The van der Waals surface area contributed by atoms with E-state index in [-0.39, 0.29) is 12.1 Å².